The van der Waals surface area contributed by atoms with E-state index in [-0.39, 0.29) is 193 Å². The number of halogens is 3. The number of pyridine rings is 3. The molecule has 5 aromatic carbocycles. The fourth-order valence-electron chi connectivity index (χ4n) is 10.2. The van der Waals surface area contributed by atoms with E-state index in [0.717, 1.165) is 53.1 Å². The van der Waals surface area contributed by atoms with E-state index in [1.165, 1.54) is 20.3 Å². The average molecular weight is 2020 g/mol. The number of imidazole rings is 3. The molecule has 0 unspecified atom stereocenters. The summed E-state index contributed by atoms with van der Waals surface area (Å²) in [4.78, 5) is 63.2. The number of ether oxygens (including phenoxy) is 1. The van der Waals surface area contributed by atoms with Crippen LogP contribution in [0.5, 0.6) is 5.75 Å². The van der Waals surface area contributed by atoms with Crippen LogP contribution in [0.1, 0.15) is 191 Å². The van der Waals surface area contributed by atoms with Crippen LogP contribution in [0.2, 0.25) is 10.3 Å². The number of methoxy groups -OCH3 is 1. The van der Waals surface area contributed by atoms with Gasteiger partial charge in [-0.1, -0.05) is 256 Å². The molecule has 118 heavy (non-hydrogen) atoms. The van der Waals surface area contributed by atoms with E-state index < -0.39 is 7.12 Å². The number of nitrogens with zero attached hydrogens (tertiary/aromatic N) is 10. The van der Waals surface area contributed by atoms with Crippen LogP contribution in [0.4, 0.5) is 0 Å². The molecule has 0 spiro atoms. The first-order valence-electron chi connectivity index (χ1n) is 37.9. The SMILES string of the molecule is CC(C)(C)C(C)(C)C.CC(C)(C)C(C)(C)C.CC(C)(C)PC(C)(C)C.CC1(C)OB(c2ccccc2C#N)OC1(C)C.COc1ccc(CCl)cc1.Cc1ccc(Cn2c(=O)n(C)c3nc(-c4ccccc4C#N)ccc32)cc1.Cc1ccc(Cn2c(=O)n(C)c3nc(Cl)ccc32)cc1.Cn1c(=O)[nH]c2ccc(Cl)nc21.O=COO.[Cs].[Cs].[Pd]. The Kier molecular flexibility index (Phi) is 46.7. The molecule has 0 bridgehead atoms. The monoisotopic (exact) mass is 2020 g/mol. The number of benzene rings is 5. The van der Waals surface area contributed by atoms with Crippen molar-refractivity contribution in [3.05, 3.63) is 238 Å². The Morgan fingerprint density at radius 3 is 1.29 bits per heavy atom. The first-order valence-corrected chi connectivity index (χ1v) is 40.1. The van der Waals surface area contributed by atoms with Gasteiger partial charge in [0.25, 0.3) is 0 Å². The van der Waals surface area contributed by atoms with Crippen molar-refractivity contribution in [1.82, 2.24) is 42.8 Å². The summed E-state index contributed by atoms with van der Waals surface area (Å²) in [6.45, 7) is 54.1. The summed E-state index contributed by atoms with van der Waals surface area (Å²) in [5.74, 6) is 1.43. The van der Waals surface area contributed by atoms with Crippen LogP contribution in [0.3, 0.4) is 0 Å². The van der Waals surface area contributed by atoms with Gasteiger partial charge in [0.15, 0.2) is 16.9 Å². The number of H-pyrrole nitrogens is 1. The fraction of sp³-hybridized carbons (Fsp3) is 0.433. The van der Waals surface area contributed by atoms with Crippen molar-refractivity contribution in [2.75, 3.05) is 7.11 Å². The Balaban J connectivity index is 0.000000693. The summed E-state index contributed by atoms with van der Waals surface area (Å²) < 4.78 is 24.7. The van der Waals surface area contributed by atoms with Crippen molar-refractivity contribution < 1.29 is 49.4 Å². The number of rotatable bonds is 9. The van der Waals surface area contributed by atoms with E-state index in [1.54, 1.807) is 72.3 Å². The van der Waals surface area contributed by atoms with Crippen molar-refractivity contribution in [2.24, 2.45) is 42.8 Å². The molecule has 0 aliphatic carbocycles. The maximum atomic E-state index is 12.8. The van der Waals surface area contributed by atoms with Gasteiger partial charge in [-0.3, -0.25) is 27.6 Å². The van der Waals surface area contributed by atoms with Crippen molar-refractivity contribution >= 4 is 234 Å². The molecule has 630 valence electrons. The van der Waals surface area contributed by atoms with Crippen LogP contribution in [-0.2, 0) is 79.5 Å². The van der Waals surface area contributed by atoms with Crippen LogP contribution >= 0.6 is 43.4 Å². The molecule has 2 radical (unpaired) electrons. The topological polar surface area (TPSA) is 252 Å². The van der Waals surface area contributed by atoms with E-state index in [4.69, 9.17) is 64.2 Å². The molecule has 1 aliphatic heterocycles. The van der Waals surface area contributed by atoms with Crippen molar-refractivity contribution in [3.8, 4) is 29.1 Å². The number of hydrogen-bond acceptors (Lipinski definition) is 14. The average Bonchev–Trinajstić information content (AvgIpc) is 1.64. The van der Waals surface area contributed by atoms with Gasteiger partial charge < -0.3 is 23.9 Å². The standard InChI is InChI=1S/C22H18N4O.C15H14ClN3O.C13H16BNO2.C8H9ClO.C8H19P.2C8H18.C7H6ClN3O.CH2O3.2Cs.Pd/c1-15-7-9-16(10-8-15)14-26-20-12-11-19(24-21(20)25(2)22(26)27)18-6-4-3-5-17(18)13-23;1-10-3-5-11(6-4-10)9-19-12-7-8-13(16)17-14(12)18(2)15(19)20;1-12(2)13(3,4)17-14(16-12)11-8-6-5-7-10(11)9-15;1-10-8-4-2-7(6-9)3-5-8;1-7(2,3)9-8(4,5)6;2*1-7(2,3)8(4,5)6;1-11-6-4(9-7(11)12)2-3-5(8)10-6;2-1-4-3;;;/h3-12H,14H2,1-2H3;3-8H,9H2,1-2H3;5-8H,1-4H3;2-5H,6H2,1H3;9H,1-6H3;2*1-6H3;2-3H,1H3,(H,9,12);1,3H;;;. The minimum atomic E-state index is -0.462. The minimum Gasteiger partial charge on any atom is -0.497 e. The summed E-state index contributed by atoms with van der Waals surface area (Å²) in [5.41, 5.74) is 13.8. The third kappa shape index (κ3) is 34.6. The Morgan fingerprint density at radius 2 is 0.907 bits per heavy atom. The molecule has 2 N–H and O–H groups in total. The third-order valence-electron chi connectivity index (χ3n) is 20.1. The predicted octanol–water partition coefficient (Wildman–Crippen LogP) is 19.9. The molecular formula is C90H120BCl3Cs2N11O9PPd. The Bertz CT molecular complexity index is 5170. The van der Waals surface area contributed by atoms with Gasteiger partial charge in [0, 0.05) is 196 Å². The maximum Gasteiger partial charge on any atom is 0.496 e. The van der Waals surface area contributed by atoms with Crippen molar-refractivity contribution in [1.29, 1.82) is 10.5 Å². The Morgan fingerprint density at radius 1 is 0.534 bits per heavy atom. The quantitative estimate of drug-likeness (QED) is 0.0259. The van der Waals surface area contributed by atoms with Gasteiger partial charge in [-0.15, -0.1) is 20.2 Å². The van der Waals surface area contributed by atoms with Crippen LogP contribution in [0, 0.1) is 58.2 Å². The predicted molar refractivity (Wildman–Crippen MR) is 488 cm³/mol. The van der Waals surface area contributed by atoms with E-state index in [2.05, 4.69) is 162 Å². The van der Waals surface area contributed by atoms with Crippen LogP contribution in [0.15, 0.2) is 172 Å². The second kappa shape index (κ2) is 49.4. The molecule has 12 rings (SSSR count). The maximum absolute atomic E-state index is 12.8. The second-order valence-corrected chi connectivity index (χ2v) is 39.4. The van der Waals surface area contributed by atoms with E-state index in [9.17, 15) is 19.6 Å². The first kappa shape index (κ1) is 112. The van der Waals surface area contributed by atoms with Gasteiger partial charge in [-0.05, 0) is 151 Å². The van der Waals surface area contributed by atoms with Crippen LogP contribution in [-0.4, -0.2) is 228 Å². The summed E-state index contributed by atoms with van der Waals surface area (Å²) in [7, 11) is 7.31. The molecule has 0 amide bonds. The summed E-state index contributed by atoms with van der Waals surface area (Å²) in [6, 6.07) is 53.8. The van der Waals surface area contributed by atoms with E-state index in [0.29, 0.717) is 101 Å². The molecular weight excluding hydrogens is 1900 g/mol. The molecule has 20 nitrogen and oxygen atoms in total. The molecule has 0 atom stereocenters. The number of hydrogen-bond donors (Lipinski definition) is 2. The molecule has 11 aromatic rings. The second-order valence-electron chi connectivity index (χ2n) is 35.1. The number of fused-ring (bicyclic) bond motifs is 3. The van der Waals surface area contributed by atoms with Crippen LogP contribution in [0.25, 0.3) is 44.7 Å². The van der Waals surface area contributed by atoms with Crippen molar-refractivity contribution in [3.63, 3.8) is 0 Å². The van der Waals surface area contributed by atoms with E-state index >= 15 is 0 Å². The van der Waals surface area contributed by atoms with Gasteiger partial charge in [0.1, 0.15) is 16.1 Å². The zero-order valence-corrected chi connectivity index (χ0v) is 92.3. The number of aromatic nitrogens is 9. The summed E-state index contributed by atoms with van der Waals surface area (Å²) in [5, 5.41) is 27.2. The summed E-state index contributed by atoms with van der Waals surface area (Å²) >= 11 is 17.1. The number of aromatic amines is 1. The van der Waals surface area contributed by atoms with Crippen molar-refractivity contribution in [2.45, 2.75) is 207 Å². The van der Waals surface area contributed by atoms with Gasteiger partial charge in [-0.2, -0.15) is 10.5 Å². The molecule has 7 heterocycles. The van der Waals surface area contributed by atoms with E-state index in [1.807, 2.05) is 169 Å². The fourth-order valence-corrected chi connectivity index (χ4v) is 12.9. The number of carbonyl (C=O) groups excluding carboxylic acids is 1. The number of carbonyl (C=O) groups is 1. The molecule has 1 saturated heterocycles. The zero-order valence-electron chi connectivity index (χ0n) is 74.9. The Hall–Kier alpha value is -4.38. The minimum absolute atomic E-state index is 0. The molecule has 6 aromatic heterocycles. The largest absolute Gasteiger partial charge is 0.497 e. The molecule has 1 aliphatic rings. The normalized spacial score (nSPS) is 12.5. The van der Waals surface area contributed by atoms with Crippen LogP contribution < -0.4 is 27.3 Å². The zero-order chi connectivity index (χ0) is 87.2. The number of nitrogens with one attached hydrogen (secondary N) is 1. The number of nitriles is 2. The first-order chi connectivity index (χ1) is 53.2. The van der Waals surface area contributed by atoms with Gasteiger partial charge in [0.2, 0.25) is 0 Å². The van der Waals surface area contributed by atoms with Gasteiger partial charge >= 0.3 is 30.7 Å². The molecule has 0 saturated carbocycles. The Labute approximate surface area is 848 Å². The number of alkyl halides is 1. The summed E-state index contributed by atoms with van der Waals surface area (Å²) in [6.07, 6.45) is 0. The third-order valence-corrected chi connectivity index (χ3v) is 22.3. The van der Waals surface area contributed by atoms with Gasteiger partial charge in [-0.25, -0.2) is 34.6 Å². The molecule has 28 heteroatoms. The van der Waals surface area contributed by atoms with Gasteiger partial charge in [0.05, 0.1) is 76.9 Å². The molecule has 1 fully saturated rings. The smallest absolute Gasteiger partial charge is 0.496 e. The number of aryl methyl sites for hydroxylation is 5.